The van der Waals surface area contributed by atoms with Crippen LogP contribution in [-0.4, -0.2) is 37.0 Å². The SMILES string of the molecule is COc1ncc2[nH]nc(C3CC3)c2c1-c1ccc(S(C)(=O)=O)c(C)c1. The fraction of sp³-hybridized carbons (Fsp3) is 0.333. The van der Waals surface area contributed by atoms with Crippen molar-refractivity contribution in [1.29, 1.82) is 0 Å². The molecule has 1 fully saturated rings. The van der Waals surface area contributed by atoms with Crippen LogP contribution in [0.1, 0.15) is 30.0 Å². The second kappa shape index (κ2) is 5.56. The number of aromatic amines is 1. The molecule has 0 bridgehead atoms. The molecule has 0 aliphatic heterocycles. The predicted octanol–water partition coefficient (Wildman–Crippen LogP) is 3.22. The molecule has 6 nitrogen and oxygen atoms in total. The first kappa shape index (κ1) is 16.1. The number of aryl methyl sites for hydroxylation is 1. The van der Waals surface area contributed by atoms with E-state index in [9.17, 15) is 8.42 Å². The van der Waals surface area contributed by atoms with Crippen LogP contribution in [0.4, 0.5) is 0 Å². The Morgan fingerprint density at radius 2 is 2.04 bits per heavy atom. The van der Waals surface area contributed by atoms with Crippen LogP contribution in [-0.2, 0) is 9.84 Å². The van der Waals surface area contributed by atoms with Gasteiger partial charge in [-0.3, -0.25) is 5.10 Å². The Hall–Kier alpha value is -2.41. The van der Waals surface area contributed by atoms with Gasteiger partial charge in [-0.25, -0.2) is 13.4 Å². The number of aromatic nitrogens is 3. The van der Waals surface area contributed by atoms with Crippen molar-refractivity contribution in [3.05, 3.63) is 35.7 Å². The predicted molar refractivity (Wildman–Crippen MR) is 95.7 cm³/mol. The molecule has 0 spiro atoms. The van der Waals surface area contributed by atoms with Crippen LogP contribution < -0.4 is 4.74 Å². The number of ether oxygens (including phenoxy) is 1. The molecule has 130 valence electrons. The van der Waals surface area contributed by atoms with Crippen molar-refractivity contribution in [2.75, 3.05) is 13.4 Å². The Morgan fingerprint density at radius 3 is 2.64 bits per heavy atom. The van der Waals surface area contributed by atoms with Crippen molar-refractivity contribution in [3.8, 4) is 17.0 Å². The van der Waals surface area contributed by atoms with Crippen molar-refractivity contribution in [2.45, 2.75) is 30.6 Å². The highest BCUT2D eigenvalue weighted by atomic mass is 32.2. The highest BCUT2D eigenvalue weighted by molar-refractivity contribution is 7.90. The lowest BCUT2D eigenvalue weighted by atomic mass is 9.99. The zero-order chi connectivity index (χ0) is 17.8. The third kappa shape index (κ3) is 2.68. The Kier molecular flexibility index (Phi) is 3.57. The van der Waals surface area contributed by atoms with Gasteiger partial charge in [0, 0.05) is 17.6 Å². The number of nitrogens with zero attached hydrogens (tertiary/aromatic N) is 2. The van der Waals surface area contributed by atoms with Gasteiger partial charge in [0.25, 0.3) is 0 Å². The molecular formula is C18H19N3O3S. The van der Waals surface area contributed by atoms with Gasteiger partial charge in [-0.1, -0.05) is 6.07 Å². The third-order valence-electron chi connectivity index (χ3n) is 4.62. The minimum absolute atomic E-state index is 0.338. The zero-order valence-electron chi connectivity index (χ0n) is 14.3. The molecule has 3 aromatic rings. The minimum Gasteiger partial charge on any atom is -0.481 e. The van der Waals surface area contributed by atoms with Gasteiger partial charge in [0.15, 0.2) is 9.84 Å². The van der Waals surface area contributed by atoms with Gasteiger partial charge in [-0.15, -0.1) is 0 Å². The summed E-state index contributed by atoms with van der Waals surface area (Å²) in [6.07, 6.45) is 5.22. The van der Waals surface area contributed by atoms with Crippen molar-refractivity contribution in [2.24, 2.45) is 0 Å². The molecule has 25 heavy (non-hydrogen) atoms. The molecule has 2 heterocycles. The average molecular weight is 357 g/mol. The summed E-state index contributed by atoms with van der Waals surface area (Å²) in [6, 6.07) is 5.33. The number of fused-ring (bicyclic) bond motifs is 1. The lowest BCUT2D eigenvalue weighted by Gasteiger charge is -2.12. The normalized spacial score (nSPS) is 14.8. The Morgan fingerprint density at radius 1 is 1.28 bits per heavy atom. The van der Waals surface area contributed by atoms with E-state index in [-0.39, 0.29) is 0 Å². The van der Waals surface area contributed by atoms with E-state index < -0.39 is 9.84 Å². The molecular weight excluding hydrogens is 338 g/mol. The molecule has 7 heteroatoms. The van der Waals surface area contributed by atoms with E-state index in [2.05, 4.69) is 15.2 Å². The summed E-state index contributed by atoms with van der Waals surface area (Å²) in [6.45, 7) is 1.80. The minimum atomic E-state index is -3.26. The number of nitrogens with one attached hydrogen (secondary N) is 1. The second-order valence-corrected chi connectivity index (χ2v) is 8.55. The number of hydrogen-bond acceptors (Lipinski definition) is 5. The molecule has 0 radical (unpaired) electrons. The second-order valence-electron chi connectivity index (χ2n) is 6.57. The Bertz CT molecular complexity index is 1080. The van der Waals surface area contributed by atoms with Gasteiger partial charge in [-0.2, -0.15) is 5.10 Å². The van der Waals surface area contributed by atoms with Crippen LogP contribution >= 0.6 is 0 Å². The number of H-pyrrole nitrogens is 1. The summed E-state index contributed by atoms with van der Waals surface area (Å²) < 4.78 is 29.3. The van der Waals surface area contributed by atoms with Gasteiger partial charge in [-0.05, 0) is 43.0 Å². The van der Waals surface area contributed by atoms with Crippen molar-refractivity contribution >= 4 is 20.7 Å². The fourth-order valence-corrected chi connectivity index (χ4v) is 4.28. The largest absolute Gasteiger partial charge is 0.481 e. The monoisotopic (exact) mass is 357 g/mol. The molecule has 4 rings (SSSR count). The van der Waals surface area contributed by atoms with Gasteiger partial charge in [0.05, 0.1) is 35.0 Å². The maximum atomic E-state index is 11.9. The number of pyridine rings is 1. The Labute approximate surface area is 146 Å². The van der Waals surface area contributed by atoms with Gasteiger partial charge < -0.3 is 4.74 Å². The summed E-state index contributed by atoms with van der Waals surface area (Å²) in [5.41, 5.74) is 4.34. The lowest BCUT2D eigenvalue weighted by Crippen LogP contribution is -2.00. The fourth-order valence-electron chi connectivity index (χ4n) is 3.32. The smallest absolute Gasteiger partial charge is 0.221 e. The first-order chi connectivity index (χ1) is 11.9. The topological polar surface area (TPSA) is 84.9 Å². The number of hydrogen-bond donors (Lipinski definition) is 1. The summed E-state index contributed by atoms with van der Waals surface area (Å²) in [5, 5.41) is 8.55. The van der Waals surface area contributed by atoms with Gasteiger partial charge in [0.2, 0.25) is 5.88 Å². The van der Waals surface area contributed by atoms with Gasteiger partial charge in [0.1, 0.15) is 0 Å². The van der Waals surface area contributed by atoms with E-state index in [1.165, 1.54) is 6.26 Å². The van der Waals surface area contributed by atoms with E-state index in [0.717, 1.165) is 40.6 Å². The molecule has 0 unspecified atom stereocenters. The van der Waals surface area contributed by atoms with Crippen LogP contribution in [0.2, 0.25) is 0 Å². The van der Waals surface area contributed by atoms with Crippen LogP contribution in [0.25, 0.3) is 22.0 Å². The quantitative estimate of drug-likeness (QED) is 0.775. The maximum absolute atomic E-state index is 11.9. The summed E-state index contributed by atoms with van der Waals surface area (Å²) in [7, 11) is -1.67. The molecule has 1 aromatic carbocycles. The van der Waals surface area contributed by atoms with E-state index in [1.807, 2.05) is 12.1 Å². The van der Waals surface area contributed by atoms with Crippen LogP contribution in [0.5, 0.6) is 5.88 Å². The highest BCUT2D eigenvalue weighted by Gasteiger charge is 2.30. The highest BCUT2D eigenvalue weighted by Crippen LogP contribution is 2.46. The standard InChI is InChI=1S/C18H19N3O3S/c1-10-8-12(6-7-14(10)25(3,22)23)15-16-13(9-19-18(15)24-2)20-21-17(16)11-4-5-11/h6-9,11H,4-5H2,1-3H3,(H,20,21). The molecule has 1 aliphatic rings. The molecule has 1 aliphatic carbocycles. The van der Waals surface area contributed by atoms with Crippen LogP contribution in [0, 0.1) is 6.92 Å². The van der Waals surface area contributed by atoms with Crippen LogP contribution in [0.15, 0.2) is 29.3 Å². The number of benzene rings is 1. The van der Waals surface area contributed by atoms with E-state index in [1.54, 1.807) is 26.3 Å². The van der Waals surface area contributed by atoms with Crippen LogP contribution in [0.3, 0.4) is 0 Å². The number of rotatable bonds is 4. The molecule has 0 atom stereocenters. The van der Waals surface area contributed by atoms with Crippen molar-refractivity contribution in [3.63, 3.8) is 0 Å². The molecule has 1 N–H and O–H groups in total. The first-order valence-electron chi connectivity index (χ1n) is 8.12. The summed E-state index contributed by atoms with van der Waals surface area (Å²) >= 11 is 0. The molecule has 1 saturated carbocycles. The zero-order valence-corrected chi connectivity index (χ0v) is 15.1. The molecule has 0 amide bonds. The third-order valence-corrected chi connectivity index (χ3v) is 5.87. The summed E-state index contributed by atoms with van der Waals surface area (Å²) in [4.78, 5) is 4.72. The molecule has 2 aromatic heterocycles. The van der Waals surface area contributed by atoms with E-state index in [0.29, 0.717) is 22.3 Å². The number of methoxy groups -OCH3 is 1. The first-order valence-corrected chi connectivity index (χ1v) is 10.0. The van der Waals surface area contributed by atoms with Crippen molar-refractivity contribution in [1.82, 2.24) is 15.2 Å². The Balaban J connectivity index is 2.00. The van der Waals surface area contributed by atoms with Crippen molar-refractivity contribution < 1.29 is 13.2 Å². The summed E-state index contributed by atoms with van der Waals surface area (Å²) in [5.74, 6) is 0.985. The van der Waals surface area contributed by atoms with E-state index in [4.69, 9.17) is 4.74 Å². The maximum Gasteiger partial charge on any atom is 0.221 e. The average Bonchev–Trinajstić information content (AvgIpc) is 3.31. The van der Waals surface area contributed by atoms with Gasteiger partial charge >= 0.3 is 0 Å². The number of sulfone groups is 1. The molecule has 0 saturated heterocycles. The van der Waals surface area contributed by atoms with E-state index >= 15 is 0 Å². The lowest BCUT2D eigenvalue weighted by molar-refractivity contribution is 0.400.